The van der Waals surface area contributed by atoms with Gasteiger partial charge in [-0.1, -0.05) is 23.5 Å². The van der Waals surface area contributed by atoms with E-state index >= 15 is 0 Å². The van der Waals surface area contributed by atoms with Crippen molar-refractivity contribution in [2.24, 2.45) is 0 Å². The number of benzene rings is 2. The van der Waals surface area contributed by atoms with Crippen LogP contribution in [0.25, 0.3) is 0 Å². The van der Waals surface area contributed by atoms with Gasteiger partial charge in [-0.15, -0.1) is 0 Å². The van der Waals surface area contributed by atoms with Crippen molar-refractivity contribution in [3.05, 3.63) is 70.7 Å². The van der Waals surface area contributed by atoms with Gasteiger partial charge in [-0.05, 0) is 48.4 Å². The summed E-state index contributed by atoms with van der Waals surface area (Å²) in [5.74, 6) is 0.520. The maximum absolute atomic E-state index is 12.6. The summed E-state index contributed by atoms with van der Waals surface area (Å²) in [5, 5.41) is 6.14. The topological polar surface area (TPSA) is 63.2 Å². The Bertz CT molecular complexity index is 954. The van der Waals surface area contributed by atoms with Crippen molar-refractivity contribution in [1.82, 2.24) is 10.3 Å². The first kappa shape index (κ1) is 20.7. The second kappa shape index (κ2) is 8.95. The minimum Gasteiger partial charge on any atom is -0.497 e. The Hall–Kier alpha value is -3.07. The Labute approximate surface area is 169 Å². The normalized spacial score (nSPS) is 11.2. The van der Waals surface area contributed by atoms with Crippen molar-refractivity contribution in [2.45, 2.75) is 12.6 Å². The molecule has 0 bridgehead atoms. The number of thiazole rings is 1. The molecule has 0 unspecified atom stereocenters. The molecule has 2 N–H and O–H groups in total. The molecule has 29 heavy (non-hydrogen) atoms. The largest absolute Gasteiger partial charge is 0.497 e. The molecule has 0 aliphatic heterocycles. The monoisotopic (exact) mass is 421 g/mol. The lowest BCUT2D eigenvalue weighted by Crippen LogP contribution is -2.24. The number of carbonyl (C=O) groups is 1. The SMILES string of the molecule is COc1ccc(CCNC(=O)c2cnc(Nc3ccc(C(F)(F)F)cc3)s2)cc1. The van der Waals surface area contributed by atoms with Crippen LogP contribution in [0.4, 0.5) is 24.0 Å². The molecular formula is C20H18F3N3O2S. The number of nitrogens with one attached hydrogen (secondary N) is 2. The molecule has 3 rings (SSSR count). The van der Waals surface area contributed by atoms with E-state index in [1.165, 1.54) is 18.3 Å². The third kappa shape index (κ3) is 5.71. The van der Waals surface area contributed by atoms with Crippen LogP contribution in [0.15, 0.2) is 54.7 Å². The van der Waals surface area contributed by atoms with Crippen molar-refractivity contribution in [1.29, 1.82) is 0 Å². The quantitative estimate of drug-likeness (QED) is 0.570. The van der Waals surface area contributed by atoms with Crippen molar-refractivity contribution >= 4 is 28.1 Å². The molecule has 0 spiro atoms. The summed E-state index contributed by atoms with van der Waals surface area (Å²) in [6.07, 6.45) is -2.28. The van der Waals surface area contributed by atoms with Gasteiger partial charge >= 0.3 is 6.18 Å². The molecule has 0 atom stereocenters. The van der Waals surface area contributed by atoms with Gasteiger partial charge in [0.05, 0.1) is 18.9 Å². The number of nitrogens with zero attached hydrogens (tertiary/aromatic N) is 1. The highest BCUT2D eigenvalue weighted by Gasteiger charge is 2.29. The van der Waals surface area contributed by atoms with Crippen molar-refractivity contribution in [3.63, 3.8) is 0 Å². The Morgan fingerprint density at radius 2 is 1.79 bits per heavy atom. The van der Waals surface area contributed by atoms with E-state index in [2.05, 4.69) is 15.6 Å². The zero-order valence-electron chi connectivity index (χ0n) is 15.4. The van der Waals surface area contributed by atoms with Crippen LogP contribution in [0.2, 0.25) is 0 Å². The van der Waals surface area contributed by atoms with Crippen LogP contribution in [-0.2, 0) is 12.6 Å². The molecule has 0 saturated carbocycles. The number of carbonyl (C=O) groups excluding carboxylic acids is 1. The maximum atomic E-state index is 12.6. The van der Waals surface area contributed by atoms with Crippen LogP contribution in [-0.4, -0.2) is 24.5 Å². The van der Waals surface area contributed by atoms with Gasteiger partial charge < -0.3 is 15.4 Å². The lowest BCUT2D eigenvalue weighted by atomic mass is 10.1. The predicted octanol–water partition coefficient (Wildman–Crippen LogP) is 4.89. The van der Waals surface area contributed by atoms with Gasteiger partial charge in [0, 0.05) is 12.2 Å². The van der Waals surface area contributed by atoms with E-state index in [1.807, 2.05) is 24.3 Å². The van der Waals surface area contributed by atoms with Crippen molar-refractivity contribution in [2.75, 3.05) is 19.0 Å². The van der Waals surface area contributed by atoms with Gasteiger partial charge in [-0.25, -0.2) is 4.98 Å². The number of aromatic nitrogens is 1. The number of hydrogen-bond acceptors (Lipinski definition) is 5. The molecule has 1 aromatic heterocycles. The lowest BCUT2D eigenvalue weighted by molar-refractivity contribution is -0.137. The Balaban J connectivity index is 1.51. The highest BCUT2D eigenvalue weighted by atomic mass is 32.1. The summed E-state index contributed by atoms with van der Waals surface area (Å²) in [7, 11) is 1.60. The standard InChI is InChI=1S/C20H18F3N3O2S/c1-28-16-8-2-13(3-9-16)10-11-24-18(27)17-12-25-19(29-17)26-15-6-4-14(5-7-15)20(21,22)23/h2-9,12H,10-11H2,1H3,(H,24,27)(H,25,26). The van der Waals surface area contributed by atoms with Crippen molar-refractivity contribution < 1.29 is 22.7 Å². The van der Waals surface area contributed by atoms with E-state index in [0.29, 0.717) is 28.7 Å². The molecule has 1 amide bonds. The number of amides is 1. The van der Waals surface area contributed by atoms with E-state index in [-0.39, 0.29) is 5.91 Å². The van der Waals surface area contributed by atoms with E-state index in [1.54, 1.807) is 7.11 Å². The summed E-state index contributed by atoms with van der Waals surface area (Å²) in [6.45, 7) is 0.463. The molecule has 5 nitrogen and oxygen atoms in total. The van der Waals surface area contributed by atoms with Gasteiger partial charge in [0.2, 0.25) is 0 Å². The molecule has 3 aromatic rings. The molecule has 9 heteroatoms. The van der Waals surface area contributed by atoms with Gasteiger partial charge in [-0.2, -0.15) is 13.2 Å². The highest BCUT2D eigenvalue weighted by molar-refractivity contribution is 7.17. The number of alkyl halides is 3. The van der Waals surface area contributed by atoms with Gasteiger partial charge in [0.1, 0.15) is 10.6 Å². The molecule has 152 valence electrons. The van der Waals surface area contributed by atoms with Crippen molar-refractivity contribution in [3.8, 4) is 5.75 Å². The zero-order valence-corrected chi connectivity index (χ0v) is 16.2. The van der Waals surface area contributed by atoms with Crippen LogP contribution >= 0.6 is 11.3 Å². The smallest absolute Gasteiger partial charge is 0.416 e. The maximum Gasteiger partial charge on any atom is 0.416 e. The second-order valence-corrected chi connectivity index (χ2v) is 7.11. The molecular weight excluding hydrogens is 403 g/mol. The third-order valence-corrected chi connectivity index (χ3v) is 4.96. The third-order valence-electron chi connectivity index (χ3n) is 4.05. The minimum atomic E-state index is -4.38. The van der Waals surface area contributed by atoms with Crippen LogP contribution in [0.3, 0.4) is 0 Å². The van der Waals surface area contributed by atoms with E-state index in [9.17, 15) is 18.0 Å². The molecule has 1 heterocycles. The van der Waals surface area contributed by atoms with E-state index in [4.69, 9.17) is 4.74 Å². The number of ether oxygens (including phenoxy) is 1. The minimum absolute atomic E-state index is 0.253. The van der Waals surface area contributed by atoms with Crippen LogP contribution in [0.1, 0.15) is 20.8 Å². The fourth-order valence-corrected chi connectivity index (χ4v) is 3.26. The fraction of sp³-hybridized carbons (Fsp3) is 0.200. The summed E-state index contributed by atoms with van der Waals surface area (Å²) in [6, 6.07) is 12.2. The van der Waals surface area contributed by atoms with Gasteiger partial charge in [-0.3, -0.25) is 4.79 Å². The molecule has 0 fully saturated rings. The molecule has 2 aromatic carbocycles. The molecule has 0 radical (unpaired) electrons. The Morgan fingerprint density at radius 1 is 1.10 bits per heavy atom. The lowest BCUT2D eigenvalue weighted by Gasteiger charge is -2.07. The van der Waals surface area contributed by atoms with E-state index < -0.39 is 11.7 Å². The average Bonchev–Trinajstić information content (AvgIpc) is 3.17. The molecule has 0 saturated heterocycles. The Kier molecular flexibility index (Phi) is 6.38. The number of methoxy groups -OCH3 is 1. The second-order valence-electron chi connectivity index (χ2n) is 6.08. The van der Waals surface area contributed by atoms with E-state index in [0.717, 1.165) is 34.8 Å². The first-order valence-corrected chi connectivity index (χ1v) is 9.48. The number of hydrogen-bond donors (Lipinski definition) is 2. The Morgan fingerprint density at radius 3 is 2.41 bits per heavy atom. The molecule has 0 aliphatic rings. The van der Waals surface area contributed by atoms with Crippen LogP contribution in [0, 0.1) is 0 Å². The average molecular weight is 421 g/mol. The summed E-state index contributed by atoms with van der Waals surface area (Å²) < 4.78 is 42.9. The van der Waals surface area contributed by atoms with Gasteiger partial charge in [0.25, 0.3) is 5.91 Å². The molecule has 0 aliphatic carbocycles. The predicted molar refractivity (Wildman–Crippen MR) is 106 cm³/mol. The number of halogens is 3. The fourth-order valence-electron chi connectivity index (χ4n) is 2.50. The summed E-state index contributed by atoms with van der Waals surface area (Å²) in [5.41, 5.74) is 0.804. The van der Waals surface area contributed by atoms with Crippen LogP contribution < -0.4 is 15.4 Å². The first-order valence-electron chi connectivity index (χ1n) is 8.66. The zero-order chi connectivity index (χ0) is 20.9. The number of anilines is 2. The summed E-state index contributed by atoms with van der Waals surface area (Å²) >= 11 is 1.12. The highest BCUT2D eigenvalue weighted by Crippen LogP contribution is 2.30. The van der Waals surface area contributed by atoms with Crippen LogP contribution in [0.5, 0.6) is 5.75 Å². The summed E-state index contributed by atoms with van der Waals surface area (Å²) in [4.78, 5) is 16.8. The number of rotatable bonds is 7. The first-order chi connectivity index (χ1) is 13.8. The van der Waals surface area contributed by atoms with Gasteiger partial charge in [0.15, 0.2) is 5.13 Å².